The quantitative estimate of drug-likeness (QED) is 0.440. The molecule has 0 aromatic heterocycles. The number of ketones is 2. The van der Waals surface area contributed by atoms with E-state index in [1.165, 1.54) is 0 Å². The third kappa shape index (κ3) is 7.46. The standard InChI is InChI=1S/C26H36N2O4/c1-27(2)17-21(25(29)19-9-13-23(31-5)14-10-19)7-8-22(18-28(3)4)26(30)20-11-15-24(32-6)16-12-20/h9-16,21-22H,7-8,17-18H2,1-6H3/t21-,22+. The lowest BCUT2D eigenvalue weighted by atomic mass is 9.86. The Bertz CT molecular complexity index is 787. The molecule has 0 aliphatic carbocycles. The number of Topliss-reactive ketones (excluding diaryl/α,β-unsaturated/α-hetero) is 2. The number of carbonyl (C=O) groups excluding carboxylic acids is 2. The van der Waals surface area contributed by atoms with Crippen LogP contribution in [-0.4, -0.2) is 76.9 Å². The molecule has 0 N–H and O–H groups in total. The van der Waals surface area contributed by atoms with Gasteiger partial charge in [-0.15, -0.1) is 0 Å². The highest BCUT2D eigenvalue weighted by molar-refractivity contribution is 5.99. The van der Waals surface area contributed by atoms with Crippen LogP contribution in [0.4, 0.5) is 0 Å². The van der Waals surface area contributed by atoms with Crippen molar-refractivity contribution in [2.75, 3.05) is 55.5 Å². The molecule has 0 amide bonds. The van der Waals surface area contributed by atoms with E-state index in [0.717, 1.165) is 11.5 Å². The first kappa shape index (κ1) is 25.6. The maximum atomic E-state index is 13.2. The zero-order valence-corrected chi connectivity index (χ0v) is 20.1. The van der Waals surface area contributed by atoms with Crippen LogP contribution >= 0.6 is 0 Å². The molecule has 2 aromatic rings. The summed E-state index contributed by atoms with van der Waals surface area (Å²) in [4.78, 5) is 30.5. The molecule has 0 saturated heterocycles. The highest BCUT2D eigenvalue weighted by Crippen LogP contribution is 2.24. The molecule has 0 radical (unpaired) electrons. The molecule has 0 saturated carbocycles. The maximum Gasteiger partial charge on any atom is 0.167 e. The van der Waals surface area contributed by atoms with Crippen molar-refractivity contribution < 1.29 is 19.1 Å². The molecule has 2 rings (SSSR count). The predicted octanol–water partition coefficient (Wildman–Crippen LogP) is 3.91. The van der Waals surface area contributed by atoms with Gasteiger partial charge >= 0.3 is 0 Å². The van der Waals surface area contributed by atoms with Gasteiger partial charge < -0.3 is 19.3 Å². The van der Waals surface area contributed by atoms with Crippen molar-refractivity contribution in [1.82, 2.24) is 9.80 Å². The van der Waals surface area contributed by atoms with Crippen molar-refractivity contribution in [2.45, 2.75) is 12.8 Å². The third-order valence-electron chi connectivity index (χ3n) is 5.53. The minimum absolute atomic E-state index is 0.0989. The molecular formula is C26H36N2O4. The second kappa shape index (κ2) is 12.4. The van der Waals surface area contributed by atoms with Gasteiger partial charge in [-0.2, -0.15) is 0 Å². The SMILES string of the molecule is COc1ccc(C(=O)[C@H](CC[C@@H](CN(C)C)C(=O)c2ccc(OC)cc2)CN(C)C)cc1. The molecule has 0 aliphatic rings. The Balaban J connectivity index is 2.17. The molecular weight excluding hydrogens is 404 g/mol. The van der Waals surface area contributed by atoms with E-state index in [1.807, 2.05) is 86.5 Å². The molecule has 6 nitrogen and oxygen atoms in total. The Hall–Kier alpha value is -2.70. The van der Waals surface area contributed by atoms with E-state index < -0.39 is 0 Å². The van der Waals surface area contributed by atoms with Crippen LogP contribution in [0.2, 0.25) is 0 Å². The summed E-state index contributed by atoms with van der Waals surface area (Å²) < 4.78 is 10.4. The average Bonchev–Trinajstić information content (AvgIpc) is 2.79. The van der Waals surface area contributed by atoms with Crippen LogP contribution in [0, 0.1) is 11.8 Å². The molecule has 0 bridgehead atoms. The molecule has 0 aliphatic heterocycles. The van der Waals surface area contributed by atoms with Crippen LogP contribution in [0.3, 0.4) is 0 Å². The van der Waals surface area contributed by atoms with Gasteiger partial charge in [-0.25, -0.2) is 0 Å². The van der Waals surface area contributed by atoms with Gasteiger partial charge in [0.15, 0.2) is 11.6 Å². The van der Waals surface area contributed by atoms with Crippen LogP contribution < -0.4 is 9.47 Å². The van der Waals surface area contributed by atoms with E-state index in [4.69, 9.17) is 9.47 Å². The number of rotatable bonds is 13. The molecule has 32 heavy (non-hydrogen) atoms. The van der Waals surface area contributed by atoms with E-state index in [0.29, 0.717) is 37.1 Å². The summed E-state index contributed by atoms with van der Waals surface area (Å²) in [7, 11) is 11.1. The summed E-state index contributed by atoms with van der Waals surface area (Å²) in [6.07, 6.45) is 1.28. The highest BCUT2D eigenvalue weighted by Gasteiger charge is 2.26. The molecule has 2 aromatic carbocycles. The first-order valence-corrected chi connectivity index (χ1v) is 10.9. The van der Waals surface area contributed by atoms with Gasteiger partial charge in [0.25, 0.3) is 0 Å². The molecule has 0 spiro atoms. The van der Waals surface area contributed by atoms with Gasteiger partial charge in [0, 0.05) is 36.1 Å². The summed E-state index contributed by atoms with van der Waals surface area (Å²) in [6, 6.07) is 14.5. The van der Waals surface area contributed by atoms with Gasteiger partial charge in [-0.1, -0.05) is 0 Å². The number of ether oxygens (including phenoxy) is 2. The molecule has 174 valence electrons. The first-order valence-electron chi connectivity index (χ1n) is 10.9. The van der Waals surface area contributed by atoms with Crippen molar-refractivity contribution in [3.05, 3.63) is 59.7 Å². The lowest BCUT2D eigenvalue weighted by Crippen LogP contribution is -2.32. The second-order valence-electron chi connectivity index (χ2n) is 8.68. The van der Waals surface area contributed by atoms with Crippen LogP contribution in [0.25, 0.3) is 0 Å². The highest BCUT2D eigenvalue weighted by atomic mass is 16.5. The fourth-order valence-electron chi connectivity index (χ4n) is 3.88. The number of hydrogen-bond acceptors (Lipinski definition) is 6. The zero-order valence-electron chi connectivity index (χ0n) is 20.1. The normalized spacial score (nSPS) is 13.1. The van der Waals surface area contributed by atoms with Crippen molar-refractivity contribution in [3.8, 4) is 11.5 Å². The lowest BCUT2D eigenvalue weighted by molar-refractivity contribution is 0.0835. The minimum atomic E-state index is -0.188. The van der Waals surface area contributed by atoms with E-state index >= 15 is 0 Å². The number of methoxy groups -OCH3 is 2. The Morgan fingerprint density at radius 2 is 0.969 bits per heavy atom. The van der Waals surface area contributed by atoms with Gasteiger partial charge in [-0.05, 0) is 89.6 Å². The Morgan fingerprint density at radius 1 is 0.656 bits per heavy atom. The molecule has 6 heteroatoms. The molecule has 0 unspecified atom stereocenters. The second-order valence-corrected chi connectivity index (χ2v) is 8.68. The van der Waals surface area contributed by atoms with Gasteiger partial charge in [0.2, 0.25) is 0 Å². The fraction of sp³-hybridized carbons (Fsp3) is 0.462. The summed E-state index contributed by atoms with van der Waals surface area (Å²) >= 11 is 0. The van der Waals surface area contributed by atoms with Crippen LogP contribution in [0.5, 0.6) is 11.5 Å². The van der Waals surface area contributed by atoms with E-state index in [-0.39, 0.29) is 23.4 Å². The Morgan fingerprint density at radius 3 is 1.22 bits per heavy atom. The Labute approximate surface area is 192 Å². The molecule has 0 fully saturated rings. The van der Waals surface area contributed by atoms with Crippen molar-refractivity contribution >= 4 is 11.6 Å². The van der Waals surface area contributed by atoms with Crippen molar-refractivity contribution in [2.24, 2.45) is 11.8 Å². The summed E-state index contributed by atoms with van der Waals surface area (Å²) in [5.74, 6) is 1.27. The number of carbonyl (C=O) groups is 2. The van der Waals surface area contributed by atoms with Crippen molar-refractivity contribution in [1.29, 1.82) is 0 Å². The van der Waals surface area contributed by atoms with Gasteiger partial charge in [-0.3, -0.25) is 9.59 Å². The molecule has 0 heterocycles. The van der Waals surface area contributed by atoms with Crippen molar-refractivity contribution in [3.63, 3.8) is 0 Å². The molecule has 2 atom stereocenters. The van der Waals surface area contributed by atoms with Crippen LogP contribution in [-0.2, 0) is 0 Å². The third-order valence-corrected chi connectivity index (χ3v) is 5.53. The maximum absolute atomic E-state index is 13.2. The van der Waals surface area contributed by atoms with Gasteiger partial charge in [0.05, 0.1) is 14.2 Å². The minimum Gasteiger partial charge on any atom is -0.497 e. The van der Waals surface area contributed by atoms with Crippen LogP contribution in [0.1, 0.15) is 33.6 Å². The van der Waals surface area contributed by atoms with Gasteiger partial charge in [0.1, 0.15) is 11.5 Å². The number of nitrogens with zero attached hydrogens (tertiary/aromatic N) is 2. The smallest absolute Gasteiger partial charge is 0.167 e. The lowest BCUT2D eigenvalue weighted by Gasteiger charge is -2.24. The van der Waals surface area contributed by atoms with E-state index in [2.05, 4.69) is 0 Å². The summed E-state index contributed by atoms with van der Waals surface area (Å²) in [5.41, 5.74) is 1.34. The fourth-order valence-corrected chi connectivity index (χ4v) is 3.88. The summed E-state index contributed by atoms with van der Waals surface area (Å²) in [5, 5.41) is 0. The predicted molar refractivity (Wildman–Crippen MR) is 128 cm³/mol. The monoisotopic (exact) mass is 440 g/mol. The van der Waals surface area contributed by atoms with E-state index in [9.17, 15) is 9.59 Å². The largest absolute Gasteiger partial charge is 0.497 e. The number of hydrogen-bond donors (Lipinski definition) is 0. The average molecular weight is 441 g/mol. The zero-order chi connectivity index (χ0) is 23.7. The van der Waals surface area contributed by atoms with E-state index in [1.54, 1.807) is 14.2 Å². The number of benzene rings is 2. The first-order chi connectivity index (χ1) is 15.2. The Kier molecular flexibility index (Phi) is 9.88. The summed E-state index contributed by atoms with van der Waals surface area (Å²) in [6.45, 7) is 1.27. The van der Waals surface area contributed by atoms with Crippen LogP contribution in [0.15, 0.2) is 48.5 Å². The topological polar surface area (TPSA) is 59.1 Å².